The molecule has 88 valence electrons. The van der Waals surface area contributed by atoms with Gasteiger partial charge >= 0.3 is 0 Å². The summed E-state index contributed by atoms with van der Waals surface area (Å²) in [6.45, 7) is 2.25. The molecule has 0 spiro atoms. The first-order valence-electron chi connectivity index (χ1n) is 5.28. The fourth-order valence-corrected chi connectivity index (χ4v) is 1.38. The number of ketones is 1. The summed E-state index contributed by atoms with van der Waals surface area (Å²) in [4.78, 5) is 11.4. The van der Waals surface area contributed by atoms with Crippen molar-refractivity contribution in [3.63, 3.8) is 0 Å². The van der Waals surface area contributed by atoms with Gasteiger partial charge in [0.05, 0.1) is 12.0 Å². The minimum Gasteiger partial charge on any atom is -0.390 e. The average molecular weight is 242 g/mol. The molecule has 16 heavy (non-hydrogen) atoms. The van der Waals surface area contributed by atoms with Crippen molar-refractivity contribution in [2.24, 2.45) is 0 Å². The summed E-state index contributed by atoms with van der Waals surface area (Å²) in [5, 5.41) is 12.3. The number of carbonyl (C=O) groups is 1. The zero-order chi connectivity index (χ0) is 12.0. The molecule has 2 N–H and O–H groups in total. The van der Waals surface area contributed by atoms with Crippen molar-refractivity contribution in [1.29, 1.82) is 0 Å². The molecule has 0 radical (unpaired) electrons. The van der Waals surface area contributed by atoms with Crippen LogP contribution < -0.4 is 5.32 Å². The molecule has 0 amide bonds. The summed E-state index contributed by atoms with van der Waals surface area (Å²) < 4.78 is 0. The van der Waals surface area contributed by atoms with E-state index in [2.05, 4.69) is 5.32 Å². The van der Waals surface area contributed by atoms with Crippen LogP contribution in [0.4, 0.5) is 5.69 Å². The van der Waals surface area contributed by atoms with E-state index in [0.717, 1.165) is 5.69 Å². The van der Waals surface area contributed by atoms with Crippen LogP contribution in [-0.4, -0.2) is 29.4 Å². The Balaban J connectivity index is 2.54. The normalized spacial score (nSPS) is 12.2. The number of alkyl halides is 1. The summed E-state index contributed by atoms with van der Waals surface area (Å²) >= 11 is 5.47. The van der Waals surface area contributed by atoms with Gasteiger partial charge in [-0.3, -0.25) is 4.79 Å². The van der Waals surface area contributed by atoms with Crippen LogP contribution in [0.5, 0.6) is 0 Å². The van der Waals surface area contributed by atoms with Crippen LogP contribution >= 0.6 is 11.6 Å². The fourth-order valence-electron chi connectivity index (χ4n) is 1.27. The molecule has 1 unspecified atom stereocenters. The van der Waals surface area contributed by atoms with Gasteiger partial charge in [0.15, 0.2) is 5.78 Å². The van der Waals surface area contributed by atoms with E-state index in [0.29, 0.717) is 18.5 Å². The Bertz CT molecular complexity index is 337. The third kappa shape index (κ3) is 3.83. The molecule has 0 saturated heterocycles. The summed E-state index contributed by atoms with van der Waals surface area (Å²) in [5.41, 5.74) is 1.59. The number of halogens is 1. The number of benzene rings is 1. The van der Waals surface area contributed by atoms with E-state index in [9.17, 15) is 9.90 Å². The molecule has 1 atom stereocenters. The lowest BCUT2D eigenvalue weighted by atomic mass is 10.1. The Hall–Kier alpha value is -1.06. The molecule has 0 saturated carbocycles. The first kappa shape index (κ1) is 13.0. The van der Waals surface area contributed by atoms with Crippen molar-refractivity contribution in [2.75, 3.05) is 17.7 Å². The number of carbonyl (C=O) groups excluding carboxylic acids is 1. The zero-order valence-corrected chi connectivity index (χ0v) is 10.00. The SMILES string of the molecule is CCC(=O)c1ccc(NCC(O)CCl)cc1. The van der Waals surface area contributed by atoms with E-state index in [1.54, 1.807) is 12.1 Å². The largest absolute Gasteiger partial charge is 0.390 e. The van der Waals surface area contributed by atoms with Crippen LogP contribution in [-0.2, 0) is 0 Å². The number of aliphatic hydroxyl groups excluding tert-OH is 1. The van der Waals surface area contributed by atoms with Crippen LogP contribution in [0.2, 0.25) is 0 Å². The van der Waals surface area contributed by atoms with E-state index in [1.807, 2.05) is 19.1 Å². The van der Waals surface area contributed by atoms with Gasteiger partial charge in [-0.15, -0.1) is 11.6 Å². The topological polar surface area (TPSA) is 49.3 Å². The number of nitrogens with one attached hydrogen (secondary N) is 1. The van der Waals surface area contributed by atoms with Gasteiger partial charge in [-0.25, -0.2) is 0 Å². The second kappa shape index (κ2) is 6.51. The Morgan fingerprint density at radius 2 is 2.06 bits per heavy atom. The van der Waals surface area contributed by atoms with Crippen molar-refractivity contribution in [3.05, 3.63) is 29.8 Å². The highest BCUT2D eigenvalue weighted by Crippen LogP contribution is 2.11. The number of hydrogen-bond acceptors (Lipinski definition) is 3. The van der Waals surface area contributed by atoms with Crippen molar-refractivity contribution in [2.45, 2.75) is 19.4 Å². The Kier molecular flexibility index (Phi) is 5.29. The third-order valence-electron chi connectivity index (χ3n) is 2.25. The van der Waals surface area contributed by atoms with Gasteiger partial charge in [0.2, 0.25) is 0 Å². The first-order valence-corrected chi connectivity index (χ1v) is 5.82. The first-order chi connectivity index (χ1) is 7.67. The monoisotopic (exact) mass is 241 g/mol. The van der Waals surface area contributed by atoms with E-state index >= 15 is 0 Å². The van der Waals surface area contributed by atoms with Gasteiger partial charge in [0.1, 0.15) is 0 Å². The molecular formula is C12H16ClNO2. The van der Waals surface area contributed by atoms with Crippen molar-refractivity contribution >= 4 is 23.1 Å². The van der Waals surface area contributed by atoms with Gasteiger partial charge in [0, 0.05) is 24.2 Å². The summed E-state index contributed by atoms with van der Waals surface area (Å²) in [5.74, 6) is 0.340. The fraction of sp³-hybridized carbons (Fsp3) is 0.417. The maximum atomic E-state index is 11.4. The van der Waals surface area contributed by atoms with Crippen molar-refractivity contribution in [3.8, 4) is 0 Å². The number of hydrogen-bond donors (Lipinski definition) is 2. The average Bonchev–Trinajstić information content (AvgIpc) is 2.35. The maximum Gasteiger partial charge on any atom is 0.162 e. The second-order valence-corrected chi connectivity index (χ2v) is 3.85. The van der Waals surface area contributed by atoms with Gasteiger partial charge in [-0.1, -0.05) is 6.92 Å². The van der Waals surface area contributed by atoms with E-state index < -0.39 is 6.10 Å². The predicted octanol–water partition coefficient (Wildman–Crippen LogP) is 2.29. The van der Waals surface area contributed by atoms with Crippen LogP contribution in [0, 0.1) is 0 Å². The Labute approximate surface area is 100 Å². The van der Waals surface area contributed by atoms with Gasteiger partial charge in [-0.05, 0) is 24.3 Å². The van der Waals surface area contributed by atoms with Gasteiger partial charge in [0.25, 0.3) is 0 Å². The molecule has 0 fully saturated rings. The van der Waals surface area contributed by atoms with E-state index in [4.69, 9.17) is 11.6 Å². The summed E-state index contributed by atoms with van der Waals surface area (Å²) in [6.07, 6.45) is -0.0452. The molecule has 1 rings (SSSR count). The molecular weight excluding hydrogens is 226 g/mol. The van der Waals surface area contributed by atoms with E-state index in [1.165, 1.54) is 0 Å². The number of anilines is 1. The minimum atomic E-state index is -0.557. The smallest absolute Gasteiger partial charge is 0.162 e. The quantitative estimate of drug-likeness (QED) is 0.594. The standard InChI is InChI=1S/C12H16ClNO2/c1-2-12(16)9-3-5-10(6-4-9)14-8-11(15)7-13/h3-6,11,14-15H,2,7-8H2,1H3. The van der Waals surface area contributed by atoms with Gasteiger partial charge in [-0.2, -0.15) is 0 Å². The third-order valence-corrected chi connectivity index (χ3v) is 2.60. The molecule has 3 nitrogen and oxygen atoms in total. The molecule has 0 aromatic heterocycles. The highest BCUT2D eigenvalue weighted by atomic mass is 35.5. The highest BCUT2D eigenvalue weighted by Gasteiger charge is 2.03. The molecule has 1 aromatic carbocycles. The molecule has 4 heteroatoms. The van der Waals surface area contributed by atoms with E-state index in [-0.39, 0.29) is 11.7 Å². The number of rotatable bonds is 6. The second-order valence-electron chi connectivity index (χ2n) is 3.54. The number of Topliss-reactive ketones (excluding diaryl/α,β-unsaturated/α-hetero) is 1. The Morgan fingerprint density at radius 1 is 1.44 bits per heavy atom. The predicted molar refractivity (Wildman–Crippen MR) is 66.3 cm³/mol. The van der Waals surface area contributed by atoms with Crippen LogP contribution in [0.3, 0.4) is 0 Å². The molecule has 0 bridgehead atoms. The lowest BCUT2D eigenvalue weighted by molar-refractivity contribution is 0.0988. The highest BCUT2D eigenvalue weighted by molar-refractivity contribution is 6.18. The minimum absolute atomic E-state index is 0.132. The van der Waals surface area contributed by atoms with Crippen molar-refractivity contribution < 1.29 is 9.90 Å². The number of aliphatic hydroxyl groups is 1. The van der Waals surface area contributed by atoms with Gasteiger partial charge < -0.3 is 10.4 Å². The zero-order valence-electron chi connectivity index (χ0n) is 9.24. The Morgan fingerprint density at radius 3 is 2.56 bits per heavy atom. The van der Waals surface area contributed by atoms with Crippen LogP contribution in [0.15, 0.2) is 24.3 Å². The molecule has 0 heterocycles. The molecule has 0 aliphatic rings. The lowest BCUT2D eigenvalue weighted by Gasteiger charge is -2.10. The molecule has 1 aromatic rings. The maximum absolute atomic E-state index is 11.4. The summed E-state index contributed by atoms with van der Waals surface area (Å²) in [7, 11) is 0. The lowest BCUT2D eigenvalue weighted by Crippen LogP contribution is -2.20. The van der Waals surface area contributed by atoms with Crippen LogP contribution in [0.1, 0.15) is 23.7 Å². The molecule has 0 aliphatic carbocycles. The van der Waals surface area contributed by atoms with Crippen molar-refractivity contribution in [1.82, 2.24) is 0 Å². The molecule has 0 aliphatic heterocycles. The summed E-state index contributed by atoms with van der Waals surface area (Å²) in [6, 6.07) is 7.20. The van der Waals surface area contributed by atoms with Crippen LogP contribution in [0.25, 0.3) is 0 Å².